The van der Waals surface area contributed by atoms with E-state index in [0.717, 1.165) is 5.56 Å². The fraction of sp³-hybridized carbons (Fsp3) is 0.200. The molecule has 2 nitrogen and oxygen atoms in total. The van der Waals surface area contributed by atoms with Crippen molar-refractivity contribution in [2.45, 2.75) is 6.42 Å². The summed E-state index contributed by atoms with van der Waals surface area (Å²) in [7, 11) is 0. The third-order valence-corrected chi connectivity index (χ3v) is 2.10. The minimum atomic E-state index is -0.257. The van der Waals surface area contributed by atoms with Gasteiger partial charge in [0.25, 0.3) is 0 Å². The summed E-state index contributed by atoms with van der Waals surface area (Å²) >= 11 is 10.3. The van der Waals surface area contributed by atoms with E-state index in [-0.39, 0.29) is 11.8 Å². The van der Waals surface area contributed by atoms with Crippen LogP contribution in [0.15, 0.2) is 30.3 Å². The summed E-state index contributed by atoms with van der Waals surface area (Å²) in [5, 5.41) is 2.54. The van der Waals surface area contributed by atoms with Gasteiger partial charge in [-0.1, -0.05) is 42.5 Å². The highest BCUT2D eigenvalue weighted by atomic mass is 35.5. The van der Waals surface area contributed by atoms with Crippen LogP contribution in [0.4, 0.5) is 0 Å². The fourth-order valence-electron chi connectivity index (χ4n) is 1.01. The zero-order valence-corrected chi connectivity index (χ0v) is 9.07. The van der Waals surface area contributed by atoms with Crippen molar-refractivity contribution in [1.29, 1.82) is 0 Å². The molecule has 1 N–H and O–H groups in total. The van der Waals surface area contributed by atoms with Gasteiger partial charge in [0, 0.05) is 6.42 Å². The Labute approximate surface area is 93.3 Å². The van der Waals surface area contributed by atoms with Gasteiger partial charge in [-0.3, -0.25) is 4.79 Å². The van der Waals surface area contributed by atoms with E-state index in [0.29, 0.717) is 11.4 Å². The van der Waals surface area contributed by atoms with Gasteiger partial charge < -0.3 is 5.32 Å². The molecule has 0 radical (unpaired) electrons. The third kappa shape index (κ3) is 3.85. The minimum absolute atomic E-state index is 0.0606. The Bertz CT molecular complexity index is 326. The first-order chi connectivity index (χ1) is 6.72. The monoisotopic (exact) mass is 227 g/mol. The largest absolute Gasteiger partial charge is 0.319 e. The smallest absolute Gasteiger partial charge is 0.239 e. The number of nitrogens with one attached hydrogen (secondary N) is 1. The highest BCUT2D eigenvalue weighted by Crippen LogP contribution is 1.99. The van der Waals surface area contributed by atoms with Crippen LogP contribution < -0.4 is 5.32 Å². The normalized spacial score (nSPS) is 9.50. The third-order valence-electron chi connectivity index (χ3n) is 1.61. The summed E-state index contributed by atoms with van der Waals surface area (Å²) in [6.07, 6.45) is 0.568. The molecule has 0 saturated carbocycles. The Kier molecular flexibility index (Phi) is 4.56. The molecule has 0 unspecified atom stereocenters. The maximum absolute atomic E-state index is 10.9. The van der Waals surface area contributed by atoms with Crippen LogP contribution in [0.3, 0.4) is 0 Å². The first-order valence-electron chi connectivity index (χ1n) is 4.15. The van der Waals surface area contributed by atoms with E-state index >= 15 is 0 Å². The minimum Gasteiger partial charge on any atom is -0.319 e. The van der Waals surface area contributed by atoms with Crippen LogP contribution in [0, 0.1) is 0 Å². The van der Waals surface area contributed by atoms with Crippen LogP contribution in [0.25, 0.3) is 0 Å². The molecule has 0 aliphatic heterocycles. The lowest BCUT2D eigenvalue weighted by atomic mass is 10.1. The molecule has 4 heteroatoms. The molecule has 0 saturated heterocycles. The van der Waals surface area contributed by atoms with Gasteiger partial charge in [-0.2, -0.15) is 0 Å². The molecule has 0 spiro atoms. The van der Waals surface area contributed by atoms with Crippen molar-refractivity contribution in [3.8, 4) is 0 Å². The van der Waals surface area contributed by atoms with E-state index in [1.807, 2.05) is 30.3 Å². The zero-order chi connectivity index (χ0) is 10.4. The average molecular weight is 228 g/mol. The topological polar surface area (TPSA) is 29.1 Å². The Morgan fingerprint density at radius 3 is 2.57 bits per heavy atom. The number of hydrogen-bond donors (Lipinski definition) is 1. The van der Waals surface area contributed by atoms with Crippen LogP contribution in [0.5, 0.6) is 0 Å². The van der Waals surface area contributed by atoms with E-state index in [9.17, 15) is 4.79 Å². The Balaban J connectivity index is 2.46. The number of carbonyl (C=O) groups excluding carboxylic acids is 1. The summed E-state index contributed by atoms with van der Waals surface area (Å²) in [6, 6.07) is 9.71. The first kappa shape index (κ1) is 11.1. The zero-order valence-electron chi connectivity index (χ0n) is 7.50. The number of carbonyl (C=O) groups is 1. The maximum atomic E-state index is 10.9. The molecule has 0 bridgehead atoms. The van der Waals surface area contributed by atoms with Crippen LogP contribution in [-0.2, 0) is 11.2 Å². The molecule has 0 fully saturated rings. The predicted octanol–water partition coefficient (Wildman–Crippen LogP) is 1.91. The second-order valence-corrected chi connectivity index (χ2v) is 3.53. The van der Waals surface area contributed by atoms with E-state index < -0.39 is 0 Å². The van der Waals surface area contributed by atoms with Gasteiger partial charge in [0.1, 0.15) is 5.88 Å². The van der Waals surface area contributed by atoms with Crippen molar-refractivity contribution in [1.82, 2.24) is 5.32 Å². The van der Waals surface area contributed by atoms with Gasteiger partial charge in [0.05, 0.1) is 4.99 Å². The van der Waals surface area contributed by atoms with E-state index in [2.05, 4.69) is 5.32 Å². The molecule has 0 aliphatic rings. The first-order valence-corrected chi connectivity index (χ1v) is 5.09. The quantitative estimate of drug-likeness (QED) is 0.632. The molecule has 0 atom stereocenters. The number of amides is 1. The molecular formula is C10H10ClNOS. The Hall–Kier alpha value is -0.930. The second-order valence-electron chi connectivity index (χ2n) is 2.77. The summed E-state index contributed by atoms with van der Waals surface area (Å²) < 4.78 is 0. The standard InChI is InChI=1S/C10H10ClNOS/c11-7-9(13)12-10(14)6-8-4-2-1-3-5-8/h1-5H,6-7H2,(H,12,13,14). The van der Waals surface area contributed by atoms with Crippen LogP contribution in [-0.4, -0.2) is 16.8 Å². The number of hydrogen-bond acceptors (Lipinski definition) is 2. The van der Waals surface area contributed by atoms with Crippen molar-refractivity contribution >= 4 is 34.7 Å². The van der Waals surface area contributed by atoms with Crippen LogP contribution in [0.2, 0.25) is 0 Å². The van der Waals surface area contributed by atoms with E-state index in [1.54, 1.807) is 0 Å². The lowest BCUT2D eigenvalue weighted by molar-refractivity contribution is -0.117. The Morgan fingerprint density at radius 2 is 2.00 bits per heavy atom. The molecule has 1 aromatic carbocycles. The lowest BCUT2D eigenvalue weighted by Gasteiger charge is -2.04. The van der Waals surface area contributed by atoms with E-state index in [1.165, 1.54) is 0 Å². The van der Waals surface area contributed by atoms with Gasteiger partial charge in [-0.05, 0) is 5.56 Å². The van der Waals surface area contributed by atoms with Crippen molar-refractivity contribution in [2.24, 2.45) is 0 Å². The molecule has 1 aromatic rings. The van der Waals surface area contributed by atoms with Gasteiger partial charge in [-0.15, -0.1) is 11.6 Å². The number of benzene rings is 1. The lowest BCUT2D eigenvalue weighted by Crippen LogP contribution is -2.31. The number of alkyl halides is 1. The van der Waals surface area contributed by atoms with E-state index in [4.69, 9.17) is 23.8 Å². The number of halogens is 1. The number of rotatable bonds is 3. The predicted molar refractivity (Wildman–Crippen MR) is 61.6 cm³/mol. The van der Waals surface area contributed by atoms with Gasteiger partial charge in [0.15, 0.2) is 0 Å². The highest BCUT2D eigenvalue weighted by Gasteiger charge is 2.02. The summed E-state index contributed by atoms with van der Waals surface area (Å²) in [6.45, 7) is 0. The van der Waals surface area contributed by atoms with Crippen LogP contribution in [0.1, 0.15) is 5.56 Å². The molecule has 1 amide bonds. The summed E-state index contributed by atoms with van der Waals surface area (Å²) in [5.74, 6) is -0.317. The molecule has 1 rings (SSSR count). The molecule has 0 aliphatic carbocycles. The number of thiocarbonyl (C=S) groups is 1. The van der Waals surface area contributed by atoms with Crippen LogP contribution >= 0.6 is 23.8 Å². The summed E-state index contributed by atoms with van der Waals surface area (Å²) in [4.78, 5) is 11.4. The van der Waals surface area contributed by atoms with Crippen molar-refractivity contribution in [3.63, 3.8) is 0 Å². The van der Waals surface area contributed by atoms with Crippen molar-refractivity contribution in [2.75, 3.05) is 5.88 Å². The van der Waals surface area contributed by atoms with Crippen molar-refractivity contribution < 1.29 is 4.79 Å². The Morgan fingerprint density at radius 1 is 1.36 bits per heavy atom. The second kappa shape index (κ2) is 5.73. The van der Waals surface area contributed by atoms with Gasteiger partial charge >= 0.3 is 0 Å². The van der Waals surface area contributed by atoms with Crippen molar-refractivity contribution in [3.05, 3.63) is 35.9 Å². The van der Waals surface area contributed by atoms with Gasteiger partial charge in [0.2, 0.25) is 5.91 Å². The van der Waals surface area contributed by atoms with Gasteiger partial charge in [-0.25, -0.2) is 0 Å². The highest BCUT2D eigenvalue weighted by molar-refractivity contribution is 7.80. The molecular weight excluding hydrogens is 218 g/mol. The molecule has 74 valence electrons. The molecule has 0 heterocycles. The molecule has 14 heavy (non-hydrogen) atoms. The maximum Gasteiger partial charge on any atom is 0.239 e. The SMILES string of the molecule is O=C(CCl)NC(=S)Cc1ccccc1. The molecule has 0 aromatic heterocycles. The fourth-order valence-corrected chi connectivity index (χ4v) is 1.36. The summed E-state index contributed by atoms with van der Waals surface area (Å²) in [5.41, 5.74) is 1.08. The average Bonchev–Trinajstić information content (AvgIpc) is 2.19.